The molecule has 7 nitrogen and oxygen atoms in total. The van der Waals surface area contributed by atoms with E-state index >= 15 is 0 Å². The second-order valence-corrected chi connectivity index (χ2v) is 3.62. The highest BCUT2D eigenvalue weighted by Crippen LogP contribution is 2.11. The summed E-state index contributed by atoms with van der Waals surface area (Å²) in [6.45, 7) is 0. The van der Waals surface area contributed by atoms with Gasteiger partial charge in [-0.1, -0.05) is 11.8 Å². The van der Waals surface area contributed by atoms with Crippen LogP contribution in [-0.4, -0.2) is 36.8 Å². The van der Waals surface area contributed by atoms with E-state index in [-0.39, 0.29) is 27.6 Å². The van der Waals surface area contributed by atoms with E-state index < -0.39 is 5.97 Å². The minimum Gasteiger partial charge on any atom is -0.481 e. The molecule has 0 unspecified atom stereocenters. The van der Waals surface area contributed by atoms with Crippen LogP contribution in [0, 0.1) is 0 Å². The zero-order chi connectivity index (χ0) is 10.8. The Kier molecular flexibility index (Phi) is 2.42. The highest BCUT2D eigenvalue weighted by Gasteiger charge is 2.07. The lowest BCUT2D eigenvalue weighted by Gasteiger charge is -1.96. The van der Waals surface area contributed by atoms with Gasteiger partial charge in [-0.2, -0.15) is 0 Å². The first-order valence-electron chi connectivity index (χ1n) is 3.95. The molecule has 0 amide bonds. The van der Waals surface area contributed by atoms with E-state index in [9.17, 15) is 9.59 Å². The molecular weight excluding hydrogens is 220 g/mol. The van der Waals surface area contributed by atoms with Gasteiger partial charge in [-0.3, -0.25) is 14.6 Å². The largest absolute Gasteiger partial charge is 0.481 e. The summed E-state index contributed by atoms with van der Waals surface area (Å²) in [7, 11) is 0. The summed E-state index contributed by atoms with van der Waals surface area (Å²) in [5.41, 5.74) is 0.215. The van der Waals surface area contributed by atoms with E-state index in [0.717, 1.165) is 11.8 Å². The van der Waals surface area contributed by atoms with Gasteiger partial charge in [-0.25, -0.2) is 9.97 Å². The number of hydrogen-bond acceptors (Lipinski definition) is 5. The van der Waals surface area contributed by atoms with Crippen LogP contribution in [0.2, 0.25) is 0 Å². The summed E-state index contributed by atoms with van der Waals surface area (Å²) >= 11 is 0.941. The molecule has 8 heteroatoms. The fourth-order valence-corrected chi connectivity index (χ4v) is 1.60. The molecule has 0 aliphatic heterocycles. The second-order valence-electron chi connectivity index (χ2n) is 2.65. The Balaban J connectivity index is 2.36. The van der Waals surface area contributed by atoms with Crippen molar-refractivity contribution in [1.82, 2.24) is 19.9 Å². The van der Waals surface area contributed by atoms with Crippen molar-refractivity contribution in [1.29, 1.82) is 0 Å². The summed E-state index contributed by atoms with van der Waals surface area (Å²) in [4.78, 5) is 34.6. The lowest BCUT2D eigenvalue weighted by atomic mass is 10.6. The standard InChI is InChI=1S/C7H6N4O3S/c12-3(13)1-15-7-10-5-4(6(14)11-7)8-2-9-5/h2H,1H2,(H,12,13)(H2,8,9,10,11,14). The third-order valence-electron chi connectivity index (χ3n) is 1.61. The number of nitrogens with zero attached hydrogens (tertiary/aromatic N) is 2. The molecule has 0 saturated heterocycles. The molecule has 2 aromatic heterocycles. The Bertz CT molecular complexity index is 561. The van der Waals surface area contributed by atoms with Crippen LogP contribution in [0.15, 0.2) is 16.3 Å². The molecule has 2 aromatic rings. The first-order chi connectivity index (χ1) is 7.16. The van der Waals surface area contributed by atoms with Crippen LogP contribution in [0.3, 0.4) is 0 Å². The van der Waals surface area contributed by atoms with Gasteiger partial charge < -0.3 is 10.1 Å². The molecule has 2 heterocycles. The van der Waals surface area contributed by atoms with Crippen molar-refractivity contribution in [3.8, 4) is 0 Å². The number of carboxylic acid groups (broad SMARTS) is 1. The number of carbonyl (C=O) groups is 1. The Morgan fingerprint density at radius 1 is 1.60 bits per heavy atom. The predicted molar refractivity (Wildman–Crippen MR) is 52.9 cm³/mol. The molecule has 0 aliphatic rings. The summed E-state index contributed by atoms with van der Waals surface area (Å²) in [6, 6.07) is 0. The monoisotopic (exact) mass is 226 g/mol. The number of thioether (sulfide) groups is 1. The zero-order valence-corrected chi connectivity index (χ0v) is 8.17. The number of aromatic nitrogens is 4. The lowest BCUT2D eigenvalue weighted by molar-refractivity contribution is -0.133. The van der Waals surface area contributed by atoms with Crippen LogP contribution in [0.1, 0.15) is 0 Å². The smallest absolute Gasteiger partial charge is 0.313 e. The van der Waals surface area contributed by atoms with E-state index in [4.69, 9.17) is 5.11 Å². The third kappa shape index (κ3) is 1.99. The summed E-state index contributed by atoms with van der Waals surface area (Å²) in [6.07, 6.45) is 1.36. The maximum absolute atomic E-state index is 11.4. The molecule has 15 heavy (non-hydrogen) atoms. The molecule has 0 atom stereocenters. The Morgan fingerprint density at radius 2 is 2.40 bits per heavy atom. The SMILES string of the molecule is O=C(O)CSc1nc2nc[nH]c2c(=O)[nH]1. The molecule has 0 spiro atoms. The molecule has 0 aromatic carbocycles. The molecule has 0 aliphatic carbocycles. The average Bonchev–Trinajstić information content (AvgIpc) is 2.63. The van der Waals surface area contributed by atoms with Crippen LogP contribution in [0.25, 0.3) is 11.2 Å². The number of H-pyrrole nitrogens is 2. The molecule has 0 fully saturated rings. The van der Waals surface area contributed by atoms with Crippen LogP contribution in [-0.2, 0) is 4.79 Å². The van der Waals surface area contributed by atoms with E-state index in [2.05, 4.69) is 19.9 Å². The van der Waals surface area contributed by atoms with Crippen molar-refractivity contribution < 1.29 is 9.90 Å². The lowest BCUT2D eigenvalue weighted by Crippen LogP contribution is -2.10. The van der Waals surface area contributed by atoms with Crippen LogP contribution in [0.4, 0.5) is 0 Å². The number of carboxylic acids is 1. The van der Waals surface area contributed by atoms with Crippen molar-refractivity contribution in [3.05, 3.63) is 16.7 Å². The minimum atomic E-state index is -0.968. The summed E-state index contributed by atoms with van der Waals surface area (Å²) < 4.78 is 0. The molecular formula is C7H6N4O3S. The van der Waals surface area contributed by atoms with Gasteiger partial charge in [0.25, 0.3) is 5.56 Å². The fourth-order valence-electron chi connectivity index (χ4n) is 1.02. The number of rotatable bonds is 3. The normalized spacial score (nSPS) is 10.7. The zero-order valence-electron chi connectivity index (χ0n) is 7.35. The van der Waals surface area contributed by atoms with E-state index in [1.807, 2.05) is 0 Å². The second kappa shape index (κ2) is 3.73. The van der Waals surface area contributed by atoms with Crippen molar-refractivity contribution in [2.75, 3.05) is 5.75 Å². The highest BCUT2D eigenvalue weighted by atomic mass is 32.2. The van der Waals surface area contributed by atoms with E-state index in [0.29, 0.717) is 0 Å². The Labute approximate surface area is 87.0 Å². The Morgan fingerprint density at radius 3 is 3.13 bits per heavy atom. The minimum absolute atomic E-state index is 0.154. The van der Waals surface area contributed by atoms with Gasteiger partial charge in [0, 0.05) is 0 Å². The number of imidazole rings is 1. The van der Waals surface area contributed by atoms with Crippen molar-refractivity contribution in [3.63, 3.8) is 0 Å². The van der Waals surface area contributed by atoms with Gasteiger partial charge in [0.1, 0.15) is 0 Å². The summed E-state index contributed by atoms with van der Waals surface area (Å²) in [5.74, 6) is -1.12. The van der Waals surface area contributed by atoms with E-state index in [1.165, 1.54) is 6.33 Å². The number of hydrogen-bond donors (Lipinski definition) is 3. The first kappa shape index (κ1) is 9.71. The van der Waals surface area contributed by atoms with Gasteiger partial charge in [0.15, 0.2) is 16.3 Å². The third-order valence-corrected chi connectivity index (χ3v) is 2.46. The molecule has 78 valence electrons. The topological polar surface area (TPSA) is 112 Å². The highest BCUT2D eigenvalue weighted by molar-refractivity contribution is 7.99. The molecule has 3 N–H and O–H groups in total. The van der Waals surface area contributed by atoms with Gasteiger partial charge >= 0.3 is 5.97 Å². The number of aromatic amines is 2. The van der Waals surface area contributed by atoms with Gasteiger partial charge in [-0.15, -0.1) is 0 Å². The van der Waals surface area contributed by atoms with Crippen molar-refractivity contribution >= 4 is 28.9 Å². The van der Waals surface area contributed by atoms with E-state index in [1.54, 1.807) is 0 Å². The number of nitrogens with one attached hydrogen (secondary N) is 2. The van der Waals surface area contributed by atoms with Gasteiger partial charge in [0.05, 0.1) is 12.1 Å². The first-order valence-corrected chi connectivity index (χ1v) is 4.93. The number of fused-ring (bicyclic) bond motifs is 1. The van der Waals surface area contributed by atoms with Crippen LogP contribution in [0.5, 0.6) is 0 Å². The predicted octanol–water partition coefficient (Wildman–Crippen LogP) is -0.177. The Hall–Kier alpha value is -1.83. The van der Waals surface area contributed by atoms with Crippen LogP contribution >= 0.6 is 11.8 Å². The van der Waals surface area contributed by atoms with Crippen molar-refractivity contribution in [2.24, 2.45) is 0 Å². The maximum atomic E-state index is 11.4. The quantitative estimate of drug-likeness (QED) is 0.494. The van der Waals surface area contributed by atoms with Gasteiger partial charge in [-0.05, 0) is 0 Å². The molecule has 2 rings (SSSR count). The maximum Gasteiger partial charge on any atom is 0.313 e. The van der Waals surface area contributed by atoms with Crippen LogP contribution < -0.4 is 5.56 Å². The molecule has 0 radical (unpaired) electrons. The van der Waals surface area contributed by atoms with Gasteiger partial charge in [0.2, 0.25) is 0 Å². The average molecular weight is 226 g/mol. The molecule has 0 saturated carbocycles. The number of aliphatic carboxylic acids is 1. The van der Waals surface area contributed by atoms with Crippen molar-refractivity contribution in [2.45, 2.75) is 5.16 Å². The molecule has 0 bridgehead atoms. The summed E-state index contributed by atoms with van der Waals surface area (Å²) in [5, 5.41) is 8.71. The fraction of sp³-hybridized carbons (Fsp3) is 0.143.